The monoisotopic (exact) mass is 487 g/mol. The van der Waals surface area contributed by atoms with E-state index in [1.165, 1.54) is 4.57 Å². The Bertz CT molecular complexity index is 1200. The molecule has 1 fully saturated rings. The van der Waals surface area contributed by atoms with Crippen LogP contribution in [0.4, 0.5) is 9.18 Å². The summed E-state index contributed by atoms with van der Waals surface area (Å²) in [5.74, 6) is -0.526. The van der Waals surface area contributed by atoms with Crippen molar-refractivity contribution in [2.24, 2.45) is 5.92 Å². The fourth-order valence-electron chi connectivity index (χ4n) is 3.46. The van der Waals surface area contributed by atoms with Crippen LogP contribution in [0.3, 0.4) is 0 Å². The number of rotatable bonds is 7. The summed E-state index contributed by atoms with van der Waals surface area (Å²) < 4.78 is 43.8. The summed E-state index contributed by atoms with van der Waals surface area (Å²) in [5.41, 5.74) is -1.13. The van der Waals surface area contributed by atoms with Gasteiger partial charge in [-0.3, -0.25) is 9.36 Å². The fraction of sp³-hybridized carbons (Fsp3) is 0.571. The van der Waals surface area contributed by atoms with Crippen LogP contribution in [0, 0.1) is 11.7 Å². The van der Waals surface area contributed by atoms with E-state index in [-0.39, 0.29) is 46.4 Å². The Kier molecular flexibility index (Phi) is 6.86. The topological polar surface area (TPSA) is 107 Å². The Morgan fingerprint density at radius 1 is 1.38 bits per heavy atom. The molecule has 1 N–H and O–H groups in total. The van der Waals surface area contributed by atoms with Crippen LogP contribution in [0.15, 0.2) is 16.9 Å². The van der Waals surface area contributed by atoms with E-state index in [4.69, 9.17) is 16.3 Å². The van der Waals surface area contributed by atoms with Gasteiger partial charge in [0, 0.05) is 12.8 Å². The number of nitrogens with zero attached hydrogens (tertiary/aromatic N) is 2. The van der Waals surface area contributed by atoms with Gasteiger partial charge in [-0.1, -0.05) is 11.6 Å². The first kappa shape index (κ1) is 24.4. The van der Waals surface area contributed by atoms with Gasteiger partial charge in [0.05, 0.1) is 27.7 Å². The number of hydrogen-bond acceptors (Lipinski definition) is 6. The largest absolute Gasteiger partial charge is 0.444 e. The number of carbonyl (C=O) groups excluding carboxylic acids is 1. The molecule has 1 amide bonds. The maximum atomic E-state index is 13.9. The molecule has 0 saturated heterocycles. The fourth-order valence-corrected chi connectivity index (χ4v) is 4.36. The highest BCUT2D eigenvalue weighted by molar-refractivity contribution is 7.90. The first-order valence-corrected chi connectivity index (χ1v) is 12.8. The van der Waals surface area contributed by atoms with Crippen LogP contribution in [-0.4, -0.2) is 41.7 Å². The molecule has 0 spiro atoms. The molecule has 1 aromatic carbocycles. The van der Waals surface area contributed by atoms with Crippen molar-refractivity contribution in [3.8, 4) is 0 Å². The summed E-state index contributed by atoms with van der Waals surface area (Å²) in [6, 6.07) is 1.49. The Balaban J connectivity index is 2.10. The van der Waals surface area contributed by atoms with Crippen LogP contribution in [-0.2, 0) is 21.1 Å². The summed E-state index contributed by atoms with van der Waals surface area (Å²) in [7, 11) is -3.25. The van der Waals surface area contributed by atoms with E-state index < -0.39 is 38.9 Å². The van der Waals surface area contributed by atoms with Gasteiger partial charge in [0.15, 0.2) is 0 Å². The second kappa shape index (κ2) is 8.97. The Labute approximate surface area is 191 Å². The van der Waals surface area contributed by atoms with Gasteiger partial charge in [-0.25, -0.2) is 22.6 Å². The van der Waals surface area contributed by atoms with E-state index in [0.717, 1.165) is 31.2 Å². The van der Waals surface area contributed by atoms with Crippen LogP contribution in [0.2, 0.25) is 5.02 Å². The van der Waals surface area contributed by atoms with Crippen molar-refractivity contribution in [1.82, 2.24) is 14.9 Å². The second-order valence-corrected chi connectivity index (χ2v) is 11.8. The number of nitrogens with one attached hydrogen (secondary N) is 1. The van der Waals surface area contributed by atoms with Crippen molar-refractivity contribution in [2.45, 2.75) is 58.2 Å². The normalized spacial score (nSPS) is 15.6. The molecule has 1 aliphatic rings. The molecule has 1 aliphatic carbocycles. The molecule has 1 aromatic heterocycles. The minimum Gasteiger partial charge on any atom is -0.444 e. The maximum Gasteiger partial charge on any atom is 0.408 e. The van der Waals surface area contributed by atoms with E-state index in [1.54, 1.807) is 20.8 Å². The Hall–Kier alpha value is -2.20. The molecule has 1 heterocycles. The SMILES string of the molecule is CC(C)(C)OC(=O)N[C@H](c1nc2c(Cl)cc(F)cc2c(=O)n1CCCS(C)(=O)=O)C1CC1. The zero-order valence-electron chi connectivity index (χ0n) is 18.4. The highest BCUT2D eigenvalue weighted by Gasteiger charge is 2.37. The molecule has 3 rings (SSSR count). The van der Waals surface area contributed by atoms with Crippen molar-refractivity contribution in [3.05, 3.63) is 39.2 Å². The highest BCUT2D eigenvalue weighted by Crippen LogP contribution is 2.41. The molecular formula is C21H27ClFN3O5S. The minimum absolute atomic E-state index is 0.00933. The predicted molar refractivity (Wildman–Crippen MR) is 120 cm³/mol. The summed E-state index contributed by atoms with van der Waals surface area (Å²) in [6.07, 6.45) is 2.24. The first-order chi connectivity index (χ1) is 14.7. The molecule has 0 aliphatic heterocycles. The molecule has 1 atom stereocenters. The summed E-state index contributed by atoms with van der Waals surface area (Å²) in [4.78, 5) is 30.3. The molecule has 176 valence electrons. The average Bonchev–Trinajstić information content (AvgIpc) is 3.44. The van der Waals surface area contributed by atoms with Crippen molar-refractivity contribution < 1.29 is 22.3 Å². The molecular weight excluding hydrogens is 461 g/mol. The van der Waals surface area contributed by atoms with Gasteiger partial charge >= 0.3 is 6.09 Å². The number of fused-ring (bicyclic) bond motifs is 1. The summed E-state index contributed by atoms with van der Waals surface area (Å²) in [5, 5.41) is 2.77. The van der Waals surface area contributed by atoms with E-state index in [0.29, 0.717) is 0 Å². The summed E-state index contributed by atoms with van der Waals surface area (Å²) >= 11 is 6.17. The van der Waals surface area contributed by atoms with E-state index in [2.05, 4.69) is 10.3 Å². The number of amides is 1. The number of hydrogen-bond donors (Lipinski definition) is 1. The zero-order chi connectivity index (χ0) is 23.8. The van der Waals surface area contributed by atoms with Crippen LogP contribution >= 0.6 is 11.6 Å². The molecule has 8 nitrogen and oxygen atoms in total. The molecule has 2 aromatic rings. The maximum absolute atomic E-state index is 13.9. The standard InChI is InChI=1S/C21H27ClFN3O5S/c1-21(2,3)31-20(28)25-16(12-6-7-12)18-24-17-14(10-13(23)11-15(17)22)19(27)26(18)8-5-9-32(4,29)30/h10-12,16H,5-9H2,1-4H3,(H,25,28)/t16-/m0/s1. The van der Waals surface area contributed by atoms with Crippen LogP contribution in [0.5, 0.6) is 0 Å². The van der Waals surface area contributed by atoms with Crippen LogP contribution in [0.1, 0.15) is 51.9 Å². The van der Waals surface area contributed by atoms with Gasteiger partial charge in [-0.15, -0.1) is 0 Å². The average molecular weight is 488 g/mol. The van der Waals surface area contributed by atoms with Crippen molar-refractivity contribution in [2.75, 3.05) is 12.0 Å². The van der Waals surface area contributed by atoms with Gasteiger partial charge in [-0.2, -0.15) is 0 Å². The smallest absolute Gasteiger partial charge is 0.408 e. The zero-order valence-corrected chi connectivity index (χ0v) is 20.0. The third kappa shape index (κ3) is 6.19. The van der Waals surface area contributed by atoms with Gasteiger partial charge in [-0.05, 0) is 58.1 Å². The van der Waals surface area contributed by atoms with Gasteiger partial charge in [0.25, 0.3) is 5.56 Å². The third-order valence-electron chi connectivity index (χ3n) is 4.95. The summed E-state index contributed by atoms with van der Waals surface area (Å²) in [6.45, 7) is 5.25. The third-order valence-corrected chi connectivity index (χ3v) is 6.27. The number of alkyl carbamates (subject to hydrolysis) is 1. The lowest BCUT2D eigenvalue weighted by molar-refractivity contribution is 0.0493. The van der Waals surface area contributed by atoms with Crippen LogP contribution < -0.4 is 10.9 Å². The lowest BCUT2D eigenvalue weighted by Crippen LogP contribution is -2.39. The number of halogens is 2. The molecule has 11 heteroatoms. The number of ether oxygens (including phenoxy) is 1. The highest BCUT2D eigenvalue weighted by atomic mass is 35.5. The van der Waals surface area contributed by atoms with Gasteiger partial charge in [0.1, 0.15) is 27.1 Å². The van der Waals surface area contributed by atoms with Crippen LogP contribution in [0.25, 0.3) is 10.9 Å². The number of benzene rings is 1. The van der Waals surface area contributed by atoms with Gasteiger partial charge < -0.3 is 10.1 Å². The molecule has 0 unspecified atom stereocenters. The van der Waals surface area contributed by atoms with Crippen molar-refractivity contribution in [3.63, 3.8) is 0 Å². The van der Waals surface area contributed by atoms with Gasteiger partial charge in [0.2, 0.25) is 0 Å². The first-order valence-electron chi connectivity index (χ1n) is 10.3. The lowest BCUT2D eigenvalue weighted by Gasteiger charge is -2.25. The van der Waals surface area contributed by atoms with E-state index in [9.17, 15) is 22.4 Å². The number of carbonyl (C=O) groups is 1. The quantitative estimate of drug-likeness (QED) is 0.639. The van der Waals surface area contributed by atoms with E-state index >= 15 is 0 Å². The lowest BCUT2D eigenvalue weighted by atomic mass is 10.1. The minimum atomic E-state index is -3.25. The number of sulfone groups is 1. The Morgan fingerprint density at radius 3 is 2.59 bits per heavy atom. The Morgan fingerprint density at radius 2 is 2.03 bits per heavy atom. The predicted octanol–water partition coefficient (Wildman–Crippen LogP) is 3.60. The molecule has 1 saturated carbocycles. The number of aromatic nitrogens is 2. The molecule has 0 radical (unpaired) electrons. The molecule has 0 bridgehead atoms. The van der Waals surface area contributed by atoms with E-state index in [1.807, 2.05) is 0 Å². The van der Waals surface area contributed by atoms with Crippen molar-refractivity contribution in [1.29, 1.82) is 0 Å². The van der Waals surface area contributed by atoms with Crippen molar-refractivity contribution >= 4 is 38.4 Å². The second-order valence-electron chi connectivity index (χ2n) is 9.16. The molecule has 32 heavy (non-hydrogen) atoms.